The smallest absolute Gasteiger partial charge is 0.356 e. The highest BCUT2D eigenvalue weighted by Crippen LogP contribution is 2.33. The topological polar surface area (TPSA) is 94.5 Å². The lowest BCUT2D eigenvalue weighted by atomic mass is 10.1. The van der Waals surface area contributed by atoms with Gasteiger partial charge in [-0.3, -0.25) is 4.79 Å². The molecule has 1 aromatic carbocycles. The number of benzene rings is 1. The third-order valence-corrected chi connectivity index (χ3v) is 6.02. The van der Waals surface area contributed by atoms with Gasteiger partial charge in [0.15, 0.2) is 5.69 Å². The Bertz CT molecular complexity index is 1140. The van der Waals surface area contributed by atoms with Crippen molar-refractivity contribution in [2.24, 2.45) is 0 Å². The summed E-state index contributed by atoms with van der Waals surface area (Å²) in [4.78, 5) is 30.6. The molecule has 2 N–H and O–H groups in total. The number of nitrogens with zero attached hydrogens (tertiary/aromatic N) is 2. The van der Waals surface area contributed by atoms with Gasteiger partial charge in [-0.05, 0) is 43.7 Å². The monoisotopic (exact) mass is 464 g/mol. The van der Waals surface area contributed by atoms with E-state index in [0.29, 0.717) is 42.0 Å². The highest BCUT2D eigenvalue weighted by Gasteiger charge is 2.29. The standard InChI is InChI=1S/C26H32N4O4/c1-3-13-27-19-16-20-22(29-25(31)21-12-8-15-34-21)23(26(32)33-2)30(24(20)28-17-19)14-7-11-18-9-5-4-6-10-18/h4-6,9-10,16-17,21,27H,3,7-8,11-15H2,1-2H3,(H,29,31)/t21-/m0/s1. The van der Waals surface area contributed by atoms with Crippen LogP contribution in [-0.2, 0) is 27.2 Å². The van der Waals surface area contributed by atoms with Gasteiger partial charge in [-0.1, -0.05) is 37.3 Å². The number of pyridine rings is 1. The number of fused-ring (bicyclic) bond motifs is 1. The normalized spacial score (nSPS) is 15.4. The average molecular weight is 465 g/mol. The van der Waals surface area contributed by atoms with E-state index in [2.05, 4.69) is 34.7 Å². The summed E-state index contributed by atoms with van der Waals surface area (Å²) in [6.45, 7) is 4.01. The third-order valence-electron chi connectivity index (χ3n) is 6.02. The van der Waals surface area contributed by atoms with Crippen molar-refractivity contribution in [3.05, 3.63) is 53.9 Å². The van der Waals surface area contributed by atoms with Crippen LogP contribution in [0.2, 0.25) is 0 Å². The van der Waals surface area contributed by atoms with Gasteiger partial charge in [-0.2, -0.15) is 0 Å². The molecule has 0 aliphatic carbocycles. The van der Waals surface area contributed by atoms with E-state index in [1.54, 1.807) is 6.20 Å². The molecule has 0 bridgehead atoms. The molecule has 4 rings (SSSR count). The summed E-state index contributed by atoms with van der Waals surface area (Å²) < 4.78 is 12.5. The Hall–Kier alpha value is -3.39. The van der Waals surface area contributed by atoms with Gasteiger partial charge in [0, 0.05) is 25.1 Å². The number of aromatic nitrogens is 2. The molecule has 1 amide bonds. The molecule has 0 radical (unpaired) electrons. The van der Waals surface area contributed by atoms with Crippen molar-refractivity contribution < 1.29 is 19.1 Å². The van der Waals surface area contributed by atoms with Crippen LogP contribution in [0, 0.1) is 0 Å². The predicted molar refractivity (Wildman–Crippen MR) is 132 cm³/mol. The summed E-state index contributed by atoms with van der Waals surface area (Å²) in [7, 11) is 1.35. The number of esters is 1. The Labute approximate surface area is 199 Å². The van der Waals surface area contributed by atoms with Gasteiger partial charge in [0.1, 0.15) is 11.8 Å². The molecule has 3 heterocycles. The molecule has 2 aromatic heterocycles. The molecule has 0 saturated carbocycles. The number of hydrogen-bond donors (Lipinski definition) is 2. The van der Waals surface area contributed by atoms with Crippen LogP contribution in [0.15, 0.2) is 42.6 Å². The van der Waals surface area contributed by atoms with E-state index in [0.717, 1.165) is 37.9 Å². The van der Waals surface area contributed by atoms with E-state index < -0.39 is 12.1 Å². The second-order valence-corrected chi connectivity index (χ2v) is 8.47. The fourth-order valence-electron chi connectivity index (χ4n) is 4.32. The maximum absolute atomic E-state index is 13.0. The van der Waals surface area contributed by atoms with Crippen LogP contribution in [0.3, 0.4) is 0 Å². The number of anilines is 2. The van der Waals surface area contributed by atoms with E-state index in [-0.39, 0.29) is 5.91 Å². The van der Waals surface area contributed by atoms with Crippen LogP contribution in [0.5, 0.6) is 0 Å². The zero-order valence-corrected chi connectivity index (χ0v) is 19.8. The van der Waals surface area contributed by atoms with Crippen molar-refractivity contribution in [1.82, 2.24) is 9.55 Å². The van der Waals surface area contributed by atoms with Gasteiger partial charge in [0.2, 0.25) is 0 Å². The Morgan fingerprint density at radius 2 is 2.09 bits per heavy atom. The third kappa shape index (κ3) is 5.22. The van der Waals surface area contributed by atoms with Crippen molar-refractivity contribution in [3.63, 3.8) is 0 Å². The van der Waals surface area contributed by atoms with Crippen molar-refractivity contribution in [2.45, 2.75) is 51.7 Å². The van der Waals surface area contributed by atoms with Gasteiger partial charge in [0.25, 0.3) is 5.91 Å². The van der Waals surface area contributed by atoms with Crippen molar-refractivity contribution in [2.75, 3.05) is 30.9 Å². The highest BCUT2D eigenvalue weighted by atomic mass is 16.5. The van der Waals surface area contributed by atoms with Gasteiger partial charge in [-0.25, -0.2) is 9.78 Å². The van der Waals surface area contributed by atoms with Crippen molar-refractivity contribution in [1.29, 1.82) is 0 Å². The predicted octanol–water partition coefficient (Wildman–Crippen LogP) is 4.40. The highest BCUT2D eigenvalue weighted by molar-refractivity contribution is 6.12. The number of methoxy groups -OCH3 is 1. The van der Waals surface area contributed by atoms with Gasteiger partial charge < -0.3 is 24.7 Å². The Morgan fingerprint density at radius 1 is 1.26 bits per heavy atom. The number of rotatable bonds is 10. The fourth-order valence-corrected chi connectivity index (χ4v) is 4.32. The largest absolute Gasteiger partial charge is 0.464 e. The maximum Gasteiger partial charge on any atom is 0.356 e. The fraction of sp³-hybridized carbons (Fsp3) is 0.423. The molecule has 1 saturated heterocycles. The number of aryl methyl sites for hydroxylation is 2. The Balaban J connectivity index is 1.72. The Kier molecular flexibility index (Phi) is 7.80. The first-order chi connectivity index (χ1) is 16.6. The molecule has 180 valence electrons. The summed E-state index contributed by atoms with van der Waals surface area (Å²) in [5.41, 5.74) is 3.43. The maximum atomic E-state index is 13.0. The molecule has 0 unspecified atom stereocenters. The molecule has 8 nitrogen and oxygen atoms in total. The van der Waals surface area contributed by atoms with Crippen LogP contribution >= 0.6 is 0 Å². The number of carbonyl (C=O) groups excluding carboxylic acids is 2. The van der Waals surface area contributed by atoms with Crippen LogP contribution < -0.4 is 10.6 Å². The van der Waals surface area contributed by atoms with Gasteiger partial charge in [0.05, 0.1) is 24.7 Å². The molecular weight excluding hydrogens is 432 g/mol. The molecule has 8 heteroatoms. The minimum Gasteiger partial charge on any atom is -0.464 e. The van der Waals surface area contributed by atoms with Crippen LogP contribution in [0.1, 0.15) is 48.7 Å². The second kappa shape index (κ2) is 11.2. The zero-order valence-electron chi connectivity index (χ0n) is 19.8. The molecule has 0 spiro atoms. The molecule has 1 aliphatic rings. The van der Waals surface area contributed by atoms with Gasteiger partial charge in [-0.15, -0.1) is 0 Å². The molecule has 1 fully saturated rings. The SMILES string of the molecule is CCCNc1cnc2c(c1)c(NC(=O)[C@@H]1CCCO1)c(C(=O)OC)n2CCCc1ccccc1. The molecular formula is C26H32N4O4. The lowest BCUT2D eigenvalue weighted by molar-refractivity contribution is -0.124. The lowest BCUT2D eigenvalue weighted by Crippen LogP contribution is -2.28. The summed E-state index contributed by atoms with van der Waals surface area (Å²) in [6, 6.07) is 12.1. The number of hydrogen-bond acceptors (Lipinski definition) is 6. The lowest BCUT2D eigenvalue weighted by Gasteiger charge is -2.13. The first-order valence-corrected chi connectivity index (χ1v) is 11.9. The van der Waals surface area contributed by atoms with Crippen molar-refractivity contribution >= 4 is 34.3 Å². The summed E-state index contributed by atoms with van der Waals surface area (Å²) in [6.07, 6.45) is 5.37. The molecule has 34 heavy (non-hydrogen) atoms. The van der Waals surface area contributed by atoms with E-state index in [9.17, 15) is 9.59 Å². The first kappa shape index (κ1) is 23.8. The first-order valence-electron chi connectivity index (χ1n) is 11.9. The van der Waals surface area contributed by atoms with E-state index in [1.807, 2.05) is 28.8 Å². The molecule has 3 aromatic rings. The van der Waals surface area contributed by atoms with Crippen molar-refractivity contribution in [3.8, 4) is 0 Å². The van der Waals surface area contributed by atoms with Crippen LogP contribution in [0.4, 0.5) is 11.4 Å². The minimum absolute atomic E-state index is 0.252. The summed E-state index contributed by atoms with van der Waals surface area (Å²) >= 11 is 0. The quantitative estimate of drug-likeness (QED) is 0.432. The number of ether oxygens (including phenoxy) is 2. The number of amides is 1. The van der Waals surface area contributed by atoms with Crippen LogP contribution in [0.25, 0.3) is 11.0 Å². The second-order valence-electron chi connectivity index (χ2n) is 8.47. The zero-order chi connectivity index (χ0) is 23.9. The number of carbonyl (C=O) groups is 2. The van der Waals surface area contributed by atoms with E-state index in [1.165, 1.54) is 12.7 Å². The molecule has 1 atom stereocenters. The summed E-state index contributed by atoms with van der Waals surface area (Å²) in [5, 5.41) is 7.00. The van der Waals surface area contributed by atoms with Gasteiger partial charge >= 0.3 is 5.97 Å². The van der Waals surface area contributed by atoms with E-state index >= 15 is 0 Å². The summed E-state index contributed by atoms with van der Waals surface area (Å²) in [5.74, 6) is -0.763. The number of nitrogens with one attached hydrogen (secondary N) is 2. The Morgan fingerprint density at radius 3 is 2.79 bits per heavy atom. The van der Waals surface area contributed by atoms with Crippen LogP contribution in [-0.4, -0.2) is 47.8 Å². The van der Waals surface area contributed by atoms with E-state index in [4.69, 9.17) is 9.47 Å². The minimum atomic E-state index is -0.517. The molecule has 1 aliphatic heterocycles. The average Bonchev–Trinajstić information content (AvgIpc) is 3.50.